The van der Waals surface area contributed by atoms with Gasteiger partial charge in [-0.3, -0.25) is 10.1 Å². The van der Waals surface area contributed by atoms with Crippen LogP contribution in [0.4, 0.5) is 5.13 Å². The van der Waals surface area contributed by atoms with Crippen molar-refractivity contribution in [3.8, 4) is 28.6 Å². The maximum absolute atomic E-state index is 12.5. The first-order valence-electron chi connectivity index (χ1n) is 8.56. The number of nitrogens with zero attached hydrogens (tertiary/aromatic N) is 2. The smallest absolute Gasteiger partial charge is 0.279 e. The van der Waals surface area contributed by atoms with Crippen molar-refractivity contribution in [3.63, 3.8) is 0 Å². The molecule has 0 aliphatic carbocycles. The van der Waals surface area contributed by atoms with Crippen LogP contribution in [0.2, 0.25) is 0 Å². The number of thiazole rings is 1. The van der Waals surface area contributed by atoms with E-state index in [0.29, 0.717) is 28.0 Å². The minimum atomic E-state index is -0.411. The van der Waals surface area contributed by atoms with Gasteiger partial charge in [0.05, 0.1) is 31.5 Å². The van der Waals surface area contributed by atoms with Gasteiger partial charge in [0.2, 0.25) is 0 Å². The van der Waals surface area contributed by atoms with Crippen molar-refractivity contribution < 1.29 is 23.5 Å². The van der Waals surface area contributed by atoms with Crippen molar-refractivity contribution in [1.29, 1.82) is 0 Å². The van der Waals surface area contributed by atoms with Crippen LogP contribution < -0.4 is 19.5 Å². The van der Waals surface area contributed by atoms with E-state index in [0.717, 1.165) is 16.0 Å². The van der Waals surface area contributed by atoms with E-state index in [4.69, 9.17) is 18.7 Å². The average molecular weight is 411 g/mol. The lowest BCUT2D eigenvalue weighted by atomic mass is 10.1. The van der Waals surface area contributed by atoms with E-state index in [1.54, 1.807) is 45.6 Å². The minimum Gasteiger partial charge on any atom is -0.497 e. The highest BCUT2D eigenvalue weighted by Crippen LogP contribution is 2.33. The second kappa shape index (κ2) is 7.80. The monoisotopic (exact) mass is 411 g/mol. The van der Waals surface area contributed by atoms with Gasteiger partial charge < -0.3 is 18.7 Å². The van der Waals surface area contributed by atoms with Crippen molar-refractivity contribution in [3.05, 3.63) is 48.2 Å². The summed E-state index contributed by atoms with van der Waals surface area (Å²) >= 11 is 1.35. The Bertz CT molecular complexity index is 1180. The third-order valence-electron chi connectivity index (χ3n) is 4.23. The van der Waals surface area contributed by atoms with E-state index < -0.39 is 5.91 Å². The maximum Gasteiger partial charge on any atom is 0.279 e. The number of methoxy groups -OCH3 is 3. The van der Waals surface area contributed by atoms with Crippen molar-refractivity contribution >= 4 is 32.6 Å². The lowest BCUT2D eigenvalue weighted by Gasteiger charge is -2.07. The van der Waals surface area contributed by atoms with E-state index in [9.17, 15) is 4.79 Å². The molecule has 29 heavy (non-hydrogen) atoms. The number of fused-ring (bicyclic) bond motifs is 1. The largest absolute Gasteiger partial charge is 0.497 e. The molecule has 0 atom stereocenters. The molecule has 0 aliphatic rings. The van der Waals surface area contributed by atoms with Gasteiger partial charge in [0, 0.05) is 11.6 Å². The van der Waals surface area contributed by atoms with Crippen molar-refractivity contribution in [2.24, 2.45) is 0 Å². The molecule has 9 heteroatoms. The number of benzene rings is 2. The molecule has 2 heterocycles. The van der Waals surface area contributed by atoms with E-state index in [2.05, 4.69) is 15.5 Å². The zero-order chi connectivity index (χ0) is 20.4. The molecule has 0 saturated heterocycles. The van der Waals surface area contributed by atoms with Gasteiger partial charge in [-0.05, 0) is 36.4 Å². The van der Waals surface area contributed by atoms with Crippen molar-refractivity contribution in [2.45, 2.75) is 0 Å². The summed E-state index contributed by atoms with van der Waals surface area (Å²) in [5.41, 5.74) is 1.63. The number of hydrogen-bond donors (Lipinski definition) is 1. The summed E-state index contributed by atoms with van der Waals surface area (Å²) in [7, 11) is 4.71. The first-order valence-corrected chi connectivity index (χ1v) is 9.38. The Morgan fingerprint density at radius 1 is 1.00 bits per heavy atom. The fourth-order valence-corrected chi connectivity index (χ4v) is 3.64. The van der Waals surface area contributed by atoms with Crippen molar-refractivity contribution in [1.82, 2.24) is 10.1 Å². The Labute approximate surface area is 170 Å². The summed E-state index contributed by atoms with van der Waals surface area (Å²) in [6.45, 7) is 0. The Balaban J connectivity index is 1.54. The molecule has 4 rings (SSSR count). The topological polar surface area (TPSA) is 95.7 Å². The Morgan fingerprint density at radius 3 is 2.59 bits per heavy atom. The molecule has 2 aromatic heterocycles. The predicted molar refractivity (Wildman–Crippen MR) is 109 cm³/mol. The van der Waals surface area contributed by atoms with Crippen LogP contribution in [0.3, 0.4) is 0 Å². The van der Waals surface area contributed by atoms with E-state index in [1.807, 2.05) is 18.2 Å². The van der Waals surface area contributed by atoms with Gasteiger partial charge in [-0.2, -0.15) is 0 Å². The van der Waals surface area contributed by atoms with Gasteiger partial charge in [-0.1, -0.05) is 16.5 Å². The molecule has 8 nitrogen and oxygen atoms in total. The number of hydrogen-bond acceptors (Lipinski definition) is 8. The van der Waals surface area contributed by atoms with Gasteiger partial charge in [0.15, 0.2) is 28.1 Å². The van der Waals surface area contributed by atoms with Crippen LogP contribution in [0.15, 0.2) is 47.0 Å². The highest BCUT2D eigenvalue weighted by Gasteiger charge is 2.17. The molecule has 1 N–H and O–H groups in total. The first-order chi connectivity index (χ1) is 14.1. The molecule has 0 radical (unpaired) electrons. The van der Waals surface area contributed by atoms with Crippen LogP contribution in [0.1, 0.15) is 10.5 Å². The number of carbonyl (C=O) groups is 1. The molecule has 1 amide bonds. The van der Waals surface area contributed by atoms with Crippen LogP contribution in [-0.2, 0) is 0 Å². The van der Waals surface area contributed by atoms with Gasteiger partial charge in [-0.15, -0.1) is 0 Å². The molecular weight excluding hydrogens is 394 g/mol. The average Bonchev–Trinajstić information content (AvgIpc) is 3.39. The molecule has 0 bridgehead atoms. The van der Waals surface area contributed by atoms with Gasteiger partial charge in [-0.25, -0.2) is 4.98 Å². The quantitative estimate of drug-likeness (QED) is 0.507. The molecule has 0 unspecified atom stereocenters. The Hall–Kier alpha value is -3.59. The Kier molecular flexibility index (Phi) is 5.05. The zero-order valence-corrected chi connectivity index (χ0v) is 16.7. The van der Waals surface area contributed by atoms with Gasteiger partial charge in [0.25, 0.3) is 5.91 Å². The number of anilines is 1. The fourth-order valence-electron chi connectivity index (χ4n) is 2.75. The van der Waals surface area contributed by atoms with Crippen LogP contribution in [0.25, 0.3) is 21.5 Å². The Morgan fingerprint density at radius 2 is 1.83 bits per heavy atom. The number of nitrogens with one attached hydrogen (secondary N) is 1. The summed E-state index contributed by atoms with van der Waals surface area (Å²) in [6.07, 6.45) is 0. The summed E-state index contributed by atoms with van der Waals surface area (Å²) in [6, 6.07) is 12.4. The third kappa shape index (κ3) is 3.72. The number of carbonyl (C=O) groups excluding carboxylic acids is 1. The van der Waals surface area contributed by atoms with Crippen LogP contribution in [0.5, 0.6) is 17.2 Å². The van der Waals surface area contributed by atoms with E-state index >= 15 is 0 Å². The molecule has 0 aliphatic heterocycles. The van der Waals surface area contributed by atoms with Crippen molar-refractivity contribution in [2.75, 3.05) is 26.6 Å². The summed E-state index contributed by atoms with van der Waals surface area (Å²) in [4.78, 5) is 16.9. The second-order valence-electron chi connectivity index (χ2n) is 5.95. The maximum atomic E-state index is 12.5. The summed E-state index contributed by atoms with van der Waals surface area (Å²) in [5.74, 6) is 1.91. The lowest BCUT2D eigenvalue weighted by Crippen LogP contribution is -2.11. The standard InChI is InChI=1S/C20H17N3O5S/c1-25-12-5-6-13-18(9-12)29-20(21-13)22-19(24)14-10-16(28-23-14)11-4-7-15(26-2)17(8-11)27-3/h4-10H,1-3H3,(H,21,22,24). The van der Waals surface area contributed by atoms with Gasteiger partial charge >= 0.3 is 0 Å². The number of ether oxygens (including phenoxy) is 3. The first kappa shape index (κ1) is 18.8. The zero-order valence-electron chi connectivity index (χ0n) is 15.9. The number of rotatable bonds is 6. The highest BCUT2D eigenvalue weighted by molar-refractivity contribution is 7.22. The van der Waals surface area contributed by atoms with E-state index in [-0.39, 0.29) is 5.69 Å². The van der Waals surface area contributed by atoms with Crippen LogP contribution >= 0.6 is 11.3 Å². The molecule has 2 aromatic carbocycles. The SMILES string of the molecule is COc1ccc2nc(NC(=O)c3cc(-c4ccc(OC)c(OC)c4)on3)sc2c1. The third-order valence-corrected chi connectivity index (χ3v) is 5.16. The second-order valence-corrected chi connectivity index (χ2v) is 6.98. The minimum absolute atomic E-state index is 0.145. The molecule has 4 aromatic rings. The number of aromatic nitrogens is 2. The predicted octanol–water partition coefficient (Wildman–Crippen LogP) is 4.23. The van der Waals surface area contributed by atoms with Crippen LogP contribution in [-0.4, -0.2) is 37.4 Å². The lowest BCUT2D eigenvalue weighted by molar-refractivity contribution is 0.101. The molecule has 0 saturated carbocycles. The molecular formula is C20H17N3O5S. The van der Waals surface area contributed by atoms with Gasteiger partial charge in [0.1, 0.15) is 5.75 Å². The number of amides is 1. The van der Waals surface area contributed by atoms with Crippen LogP contribution in [0, 0.1) is 0 Å². The molecule has 148 valence electrons. The molecule has 0 fully saturated rings. The highest BCUT2D eigenvalue weighted by atomic mass is 32.1. The molecule has 0 spiro atoms. The summed E-state index contributed by atoms with van der Waals surface area (Å²) in [5, 5.41) is 7.08. The fraction of sp³-hybridized carbons (Fsp3) is 0.150. The normalized spacial score (nSPS) is 10.7. The van der Waals surface area contributed by atoms with E-state index in [1.165, 1.54) is 11.3 Å². The summed E-state index contributed by atoms with van der Waals surface area (Å²) < 4.78 is 22.0.